The Hall–Kier alpha value is -7.43. The highest BCUT2D eigenvalue weighted by atomic mass is 16.3. The van der Waals surface area contributed by atoms with Crippen LogP contribution < -0.4 is 0 Å². The summed E-state index contributed by atoms with van der Waals surface area (Å²) >= 11 is 0. The number of nitrogens with zero attached hydrogens (tertiary/aromatic N) is 3. The molecule has 0 aliphatic carbocycles. The van der Waals surface area contributed by atoms with Crippen LogP contribution in [0.5, 0.6) is 0 Å². The van der Waals surface area contributed by atoms with Gasteiger partial charge in [0.2, 0.25) is 0 Å². The van der Waals surface area contributed by atoms with Crippen molar-refractivity contribution in [3.05, 3.63) is 188 Å². The first-order valence-electron chi connectivity index (χ1n) is 18.5. The zero-order valence-electron chi connectivity index (χ0n) is 29.6. The summed E-state index contributed by atoms with van der Waals surface area (Å²) in [6.45, 7) is 0. The molecule has 0 N–H and O–H groups in total. The minimum absolute atomic E-state index is 0.630. The summed E-state index contributed by atoms with van der Waals surface area (Å²) in [5.41, 5.74) is 8.94. The Morgan fingerprint density at radius 3 is 1.60 bits per heavy atom. The molecular weight excluding hydrogens is 671 g/mol. The monoisotopic (exact) mass is 701 g/mol. The average Bonchev–Trinajstić information content (AvgIpc) is 3.65. The number of hydrogen-bond donors (Lipinski definition) is 0. The van der Waals surface area contributed by atoms with E-state index in [0.717, 1.165) is 60.9 Å². The summed E-state index contributed by atoms with van der Waals surface area (Å²) in [4.78, 5) is 14.8. The number of aromatic nitrogens is 3. The van der Waals surface area contributed by atoms with Gasteiger partial charge in [-0.1, -0.05) is 164 Å². The molecule has 0 saturated carbocycles. The molecule has 4 nitrogen and oxygen atoms in total. The summed E-state index contributed by atoms with van der Waals surface area (Å²) in [6.07, 6.45) is 0. The molecule has 0 amide bonds. The van der Waals surface area contributed by atoms with Crippen LogP contribution in [0.3, 0.4) is 0 Å². The lowest BCUT2D eigenvalue weighted by Gasteiger charge is -2.10. The van der Waals surface area contributed by atoms with E-state index in [0.29, 0.717) is 17.5 Å². The summed E-state index contributed by atoms with van der Waals surface area (Å²) in [7, 11) is 0. The van der Waals surface area contributed by atoms with E-state index in [-0.39, 0.29) is 0 Å². The lowest BCUT2D eigenvalue weighted by atomic mass is 9.94. The minimum Gasteiger partial charge on any atom is -0.455 e. The predicted octanol–water partition coefficient (Wildman–Crippen LogP) is 13.6. The van der Waals surface area contributed by atoms with E-state index in [1.165, 1.54) is 32.3 Å². The second-order valence-corrected chi connectivity index (χ2v) is 14.0. The number of fused-ring (bicyclic) bond motifs is 8. The van der Waals surface area contributed by atoms with Crippen LogP contribution in [0.1, 0.15) is 0 Å². The third-order valence-corrected chi connectivity index (χ3v) is 10.7. The van der Waals surface area contributed by atoms with Gasteiger partial charge in [0.15, 0.2) is 17.5 Å². The van der Waals surface area contributed by atoms with Gasteiger partial charge in [0.1, 0.15) is 11.2 Å². The van der Waals surface area contributed by atoms with Crippen molar-refractivity contribution in [2.75, 3.05) is 0 Å². The summed E-state index contributed by atoms with van der Waals surface area (Å²) in [6, 6.07) is 65.8. The van der Waals surface area contributed by atoms with Crippen LogP contribution in [0.2, 0.25) is 0 Å². The van der Waals surface area contributed by atoms with Crippen molar-refractivity contribution in [3.8, 4) is 56.4 Å². The van der Waals surface area contributed by atoms with Gasteiger partial charge in [0.05, 0.1) is 0 Å². The number of rotatable bonds is 5. The van der Waals surface area contributed by atoms with Crippen molar-refractivity contribution in [1.82, 2.24) is 15.0 Å². The summed E-state index contributed by atoms with van der Waals surface area (Å²) in [5, 5.41) is 9.72. The highest BCUT2D eigenvalue weighted by Crippen LogP contribution is 2.40. The maximum atomic E-state index is 6.64. The molecule has 11 rings (SSSR count). The highest BCUT2D eigenvalue weighted by molar-refractivity contribution is 6.18. The number of para-hydroxylation sites is 1. The fourth-order valence-corrected chi connectivity index (χ4v) is 7.98. The lowest BCUT2D eigenvalue weighted by molar-refractivity contribution is 0.670. The van der Waals surface area contributed by atoms with E-state index in [1.807, 2.05) is 60.7 Å². The Morgan fingerprint density at radius 2 is 0.836 bits per heavy atom. The quantitative estimate of drug-likeness (QED) is 0.168. The van der Waals surface area contributed by atoms with E-state index in [1.54, 1.807) is 0 Å². The Bertz CT molecular complexity index is 3200. The van der Waals surface area contributed by atoms with Crippen LogP contribution in [0.15, 0.2) is 192 Å². The number of benzene rings is 9. The van der Waals surface area contributed by atoms with Crippen molar-refractivity contribution in [2.24, 2.45) is 0 Å². The molecule has 0 spiro atoms. The summed E-state index contributed by atoms with van der Waals surface area (Å²) in [5.74, 6) is 1.92. The fourth-order valence-electron chi connectivity index (χ4n) is 7.98. The van der Waals surface area contributed by atoms with Crippen molar-refractivity contribution in [2.45, 2.75) is 0 Å². The second-order valence-electron chi connectivity index (χ2n) is 14.0. The van der Waals surface area contributed by atoms with Crippen LogP contribution in [-0.4, -0.2) is 15.0 Å². The van der Waals surface area contributed by atoms with Gasteiger partial charge >= 0.3 is 0 Å². The number of hydrogen-bond acceptors (Lipinski definition) is 4. The van der Waals surface area contributed by atoms with E-state index >= 15 is 0 Å². The molecular formula is C51H31N3O. The highest BCUT2D eigenvalue weighted by Gasteiger charge is 2.16. The Labute approximate surface area is 317 Å². The first-order valence-corrected chi connectivity index (χ1v) is 18.5. The second kappa shape index (κ2) is 12.6. The van der Waals surface area contributed by atoms with Crippen molar-refractivity contribution in [3.63, 3.8) is 0 Å². The van der Waals surface area contributed by atoms with Gasteiger partial charge in [-0.3, -0.25) is 0 Å². The van der Waals surface area contributed by atoms with Gasteiger partial charge in [-0.15, -0.1) is 0 Å². The van der Waals surface area contributed by atoms with Crippen LogP contribution in [0.4, 0.5) is 0 Å². The van der Waals surface area contributed by atoms with E-state index in [4.69, 9.17) is 19.4 Å². The standard InChI is InChI=1S/C51H31N3O/c1-3-12-33(13-4-1)49-52-50(34-14-5-2-6-15-34)54-51(53-49)39-17-9-16-35(29-39)36-24-28-47-46(31-36)45-20-10-19-42(48(45)55-47)38-22-25-41-37(30-38)23-27-43-40-18-8-7-11-32(40)21-26-44(41)43/h1-31H. The largest absolute Gasteiger partial charge is 0.455 e. The molecule has 4 heteroatoms. The van der Waals surface area contributed by atoms with Gasteiger partial charge in [0, 0.05) is 33.0 Å². The molecule has 2 aromatic heterocycles. The molecule has 0 fully saturated rings. The Balaban J connectivity index is 0.988. The molecule has 0 radical (unpaired) electrons. The molecule has 11 aromatic rings. The van der Waals surface area contributed by atoms with E-state index in [9.17, 15) is 0 Å². The Kier molecular flexibility index (Phi) is 7.14. The molecule has 2 heterocycles. The zero-order chi connectivity index (χ0) is 36.3. The SMILES string of the molecule is c1ccc(-c2nc(-c3ccccc3)nc(-c3cccc(-c4ccc5oc6c(-c7ccc8c(ccc9c%10ccccc%10ccc89)c7)cccc6c5c4)c3)n2)cc1. The predicted molar refractivity (Wildman–Crippen MR) is 227 cm³/mol. The maximum Gasteiger partial charge on any atom is 0.164 e. The smallest absolute Gasteiger partial charge is 0.164 e. The van der Waals surface area contributed by atoms with Crippen LogP contribution in [0.25, 0.3) is 111 Å². The molecule has 55 heavy (non-hydrogen) atoms. The van der Waals surface area contributed by atoms with Gasteiger partial charge in [-0.05, 0) is 73.3 Å². The Morgan fingerprint density at radius 1 is 0.291 bits per heavy atom. The topological polar surface area (TPSA) is 51.8 Å². The first kappa shape index (κ1) is 31.1. The fraction of sp³-hybridized carbons (Fsp3) is 0. The summed E-state index contributed by atoms with van der Waals surface area (Å²) < 4.78 is 6.64. The third-order valence-electron chi connectivity index (χ3n) is 10.7. The van der Waals surface area contributed by atoms with Crippen LogP contribution >= 0.6 is 0 Å². The van der Waals surface area contributed by atoms with Gasteiger partial charge < -0.3 is 4.42 Å². The molecule has 0 bridgehead atoms. The van der Waals surface area contributed by atoms with Crippen LogP contribution in [-0.2, 0) is 0 Å². The normalized spacial score (nSPS) is 11.6. The first-order chi connectivity index (χ1) is 27.2. The average molecular weight is 702 g/mol. The molecule has 256 valence electrons. The minimum atomic E-state index is 0.630. The number of furan rings is 1. The van der Waals surface area contributed by atoms with E-state index in [2.05, 4.69) is 127 Å². The van der Waals surface area contributed by atoms with Gasteiger partial charge in [0.25, 0.3) is 0 Å². The third kappa shape index (κ3) is 5.34. The molecule has 0 unspecified atom stereocenters. The molecule has 9 aromatic carbocycles. The molecule has 0 atom stereocenters. The van der Waals surface area contributed by atoms with E-state index < -0.39 is 0 Å². The van der Waals surface area contributed by atoms with Crippen molar-refractivity contribution < 1.29 is 4.42 Å². The van der Waals surface area contributed by atoms with Crippen molar-refractivity contribution >= 4 is 54.3 Å². The van der Waals surface area contributed by atoms with Gasteiger partial charge in [-0.25, -0.2) is 15.0 Å². The zero-order valence-corrected chi connectivity index (χ0v) is 29.6. The molecule has 0 aliphatic heterocycles. The maximum absolute atomic E-state index is 6.64. The van der Waals surface area contributed by atoms with Crippen LogP contribution in [0, 0.1) is 0 Å². The molecule has 0 aliphatic rings. The lowest BCUT2D eigenvalue weighted by Crippen LogP contribution is -2.00. The van der Waals surface area contributed by atoms with Gasteiger partial charge in [-0.2, -0.15) is 0 Å². The molecule has 0 saturated heterocycles. The van der Waals surface area contributed by atoms with Crippen molar-refractivity contribution in [1.29, 1.82) is 0 Å².